The highest BCUT2D eigenvalue weighted by Crippen LogP contribution is 2.22. The Morgan fingerprint density at radius 2 is 1.85 bits per heavy atom. The minimum Gasteiger partial charge on any atom is -0.352 e. The maximum absolute atomic E-state index is 12.0. The number of rotatable bonds is 7. The Hall–Kier alpha value is -2.31. The van der Waals surface area contributed by atoms with Gasteiger partial charge in [-0.05, 0) is 17.7 Å². The second-order valence-electron chi connectivity index (χ2n) is 5.73. The van der Waals surface area contributed by atoms with Crippen LogP contribution in [0.1, 0.15) is 12.0 Å². The van der Waals surface area contributed by atoms with Crippen molar-refractivity contribution in [1.82, 2.24) is 20.1 Å². The number of benzene rings is 2. The van der Waals surface area contributed by atoms with Gasteiger partial charge < -0.3 is 9.88 Å². The summed E-state index contributed by atoms with van der Waals surface area (Å²) in [4.78, 5) is 12.0. The first kappa shape index (κ1) is 18.5. The molecule has 3 aromatic rings. The fraction of sp³-hybridized carbons (Fsp3) is 0.211. The topological polar surface area (TPSA) is 59.8 Å². The van der Waals surface area contributed by atoms with Crippen LogP contribution in [0.25, 0.3) is 11.4 Å². The van der Waals surface area contributed by atoms with Gasteiger partial charge in [-0.3, -0.25) is 4.79 Å². The lowest BCUT2D eigenvalue weighted by atomic mass is 10.2. The van der Waals surface area contributed by atoms with Crippen LogP contribution in [-0.4, -0.2) is 26.4 Å². The molecule has 26 heavy (non-hydrogen) atoms. The second kappa shape index (κ2) is 8.87. The van der Waals surface area contributed by atoms with Crippen molar-refractivity contribution in [2.75, 3.05) is 5.75 Å². The van der Waals surface area contributed by atoms with Crippen LogP contribution in [0.2, 0.25) is 5.02 Å². The molecular formula is C19H19ClN4OS. The molecule has 3 rings (SSSR count). The van der Waals surface area contributed by atoms with E-state index < -0.39 is 0 Å². The Kier molecular flexibility index (Phi) is 6.30. The number of nitrogens with zero attached hydrogens (tertiary/aromatic N) is 3. The van der Waals surface area contributed by atoms with Gasteiger partial charge in [0, 0.05) is 36.4 Å². The van der Waals surface area contributed by atoms with Gasteiger partial charge in [0.25, 0.3) is 0 Å². The average molecular weight is 387 g/mol. The minimum absolute atomic E-state index is 0.0119. The maximum Gasteiger partial charge on any atom is 0.221 e. The monoisotopic (exact) mass is 386 g/mol. The first-order valence-electron chi connectivity index (χ1n) is 8.22. The summed E-state index contributed by atoms with van der Waals surface area (Å²) in [7, 11) is 1.94. The minimum atomic E-state index is 0.0119. The van der Waals surface area contributed by atoms with Crippen LogP contribution in [0.3, 0.4) is 0 Å². The molecule has 134 valence electrons. The number of hydrogen-bond acceptors (Lipinski definition) is 4. The van der Waals surface area contributed by atoms with Crippen LogP contribution >= 0.6 is 23.4 Å². The lowest BCUT2D eigenvalue weighted by Gasteiger charge is -2.06. The van der Waals surface area contributed by atoms with Crippen LogP contribution in [0, 0.1) is 0 Å². The van der Waals surface area contributed by atoms with Crippen molar-refractivity contribution >= 4 is 29.3 Å². The number of halogens is 1. The SMILES string of the molecule is Cn1c(SCCC(=O)NCc2ccc(Cl)cc2)nnc1-c1ccccc1. The van der Waals surface area contributed by atoms with Crippen molar-refractivity contribution in [1.29, 1.82) is 0 Å². The van der Waals surface area contributed by atoms with Gasteiger partial charge in [0.2, 0.25) is 5.91 Å². The Labute approximate surface area is 161 Å². The van der Waals surface area contributed by atoms with Crippen molar-refractivity contribution in [3.05, 3.63) is 65.2 Å². The summed E-state index contributed by atoms with van der Waals surface area (Å²) in [6.45, 7) is 0.503. The molecule has 1 heterocycles. The predicted octanol–water partition coefficient (Wildman–Crippen LogP) is 3.93. The molecule has 0 radical (unpaired) electrons. The number of carbonyl (C=O) groups excluding carboxylic acids is 1. The Morgan fingerprint density at radius 3 is 2.58 bits per heavy atom. The number of aromatic nitrogens is 3. The summed E-state index contributed by atoms with van der Waals surface area (Å²) < 4.78 is 1.95. The fourth-order valence-electron chi connectivity index (χ4n) is 2.41. The second-order valence-corrected chi connectivity index (χ2v) is 7.23. The summed E-state index contributed by atoms with van der Waals surface area (Å²) >= 11 is 7.38. The molecule has 7 heteroatoms. The molecule has 5 nitrogen and oxygen atoms in total. The van der Waals surface area contributed by atoms with Crippen LogP contribution in [0.5, 0.6) is 0 Å². The van der Waals surface area contributed by atoms with E-state index in [1.54, 1.807) is 0 Å². The molecule has 2 aromatic carbocycles. The van der Waals surface area contributed by atoms with Crippen LogP contribution in [0.15, 0.2) is 59.8 Å². The molecule has 0 saturated carbocycles. The van der Waals surface area contributed by atoms with E-state index in [4.69, 9.17) is 11.6 Å². The summed E-state index contributed by atoms with van der Waals surface area (Å²) in [5.74, 6) is 1.48. The third kappa shape index (κ3) is 4.86. The molecule has 1 amide bonds. The van der Waals surface area contributed by atoms with Gasteiger partial charge in [0.1, 0.15) is 0 Å². The lowest BCUT2D eigenvalue weighted by molar-refractivity contribution is -0.120. The number of nitrogens with one attached hydrogen (secondary N) is 1. The number of carbonyl (C=O) groups is 1. The molecule has 0 atom stereocenters. The standard InChI is InChI=1S/C19H19ClN4OS/c1-24-18(15-5-3-2-4-6-15)22-23-19(24)26-12-11-17(25)21-13-14-7-9-16(20)10-8-14/h2-10H,11-13H2,1H3,(H,21,25). The van der Waals surface area contributed by atoms with E-state index in [9.17, 15) is 4.79 Å². The smallest absolute Gasteiger partial charge is 0.221 e. The van der Waals surface area contributed by atoms with Gasteiger partial charge in [-0.1, -0.05) is 65.8 Å². The Bertz CT molecular complexity index is 865. The van der Waals surface area contributed by atoms with Gasteiger partial charge in [0.05, 0.1) is 0 Å². The van der Waals surface area contributed by atoms with E-state index in [1.807, 2.05) is 66.2 Å². The van der Waals surface area contributed by atoms with Crippen molar-refractivity contribution < 1.29 is 4.79 Å². The summed E-state index contributed by atoms with van der Waals surface area (Å²) in [5, 5.41) is 12.9. The molecular weight excluding hydrogens is 368 g/mol. The van der Waals surface area contributed by atoms with Crippen LogP contribution < -0.4 is 5.32 Å². The summed E-state index contributed by atoms with van der Waals surface area (Å²) in [5.41, 5.74) is 2.05. The molecule has 0 bridgehead atoms. The molecule has 0 fully saturated rings. The third-order valence-corrected chi connectivity index (χ3v) is 5.10. The van der Waals surface area contributed by atoms with Gasteiger partial charge in [0.15, 0.2) is 11.0 Å². The molecule has 1 aromatic heterocycles. The van der Waals surface area contributed by atoms with Gasteiger partial charge in [-0.2, -0.15) is 0 Å². The zero-order chi connectivity index (χ0) is 18.4. The van der Waals surface area contributed by atoms with Crippen molar-refractivity contribution in [3.8, 4) is 11.4 Å². The van der Waals surface area contributed by atoms with E-state index in [0.29, 0.717) is 23.7 Å². The fourth-order valence-corrected chi connectivity index (χ4v) is 3.38. The molecule has 0 spiro atoms. The summed E-state index contributed by atoms with van der Waals surface area (Å²) in [6, 6.07) is 17.4. The zero-order valence-electron chi connectivity index (χ0n) is 14.4. The van der Waals surface area contributed by atoms with E-state index in [2.05, 4.69) is 15.5 Å². The largest absolute Gasteiger partial charge is 0.352 e. The zero-order valence-corrected chi connectivity index (χ0v) is 15.9. The Balaban J connectivity index is 1.47. The average Bonchev–Trinajstić information content (AvgIpc) is 3.03. The van der Waals surface area contributed by atoms with Gasteiger partial charge in [-0.25, -0.2) is 0 Å². The first-order valence-corrected chi connectivity index (χ1v) is 9.58. The summed E-state index contributed by atoms with van der Waals surface area (Å²) in [6.07, 6.45) is 0.422. The molecule has 0 aliphatic rings. The first-order chi connectivity index (χ1) is 12.6. The highest BCUT2D eigenvalue weighted by atomic mass is 35.5. The normalized spacial score (nSPS) is 10.7. The molecule has 0 unspecified atom stereocenters. The molecule has 1 N–H and O–H groups in total. The van der Waals surface area contributed by atoms with E-state index in [-0.39, 0.29) is 5.91 Å². The van der Waals surface area contributed by atoms with E-state index in [0.717, 1.165) is 22.1 Å². The van der Waals surface area contributed by atoms with Gasteiger partial charge in [-0.15, -0.1) is 10.2 Å². The van der Waals surface area contributed by atoms with Gasteiger partial charge >= 0.3 is 0 Å². The molecule has 0 aliphatic heterocycles. The lowest BCUT2D eigenvalue weighted by Crippen LogP contribution is -2.23. The number of thioether (sulfide) groups is 1. The van der Waals surface area contributed by atoms with Crippen molar-refractivity contribution in [2.24, 2.45) is 7.05 Å². The van der Waals surface area contributed by atoms with Crippen LogP contribution in [0.4, 0.5) is 0 Å². The Morgan fingerprint density at radius 1 is 1.12 bits per heavy atom. The predicted molar refractivity (Wildman–Crippen MR) is 105 cm³/mol. The third-order valence-electron chi connectivity index (χ3n) is 3.83. The van der Waals surface area contributed by atoms with Crippen LogP contribution in [-0.2, 0) is 18.4 Å². The number of hydrogen-bond donors (Lipinski definition) is 1. The molecule has 0 aliphatic carbocycles. The quantitative estimate of drug-likeness (QED) is 0.625. The highest BCUT2D eigenvalue weighted by molar-refractivity contribution is 7.99. The van der Waals surface area contributed by atoms with Crippen molar-refractivity contribution in [3.63, 3.8) is 0 Å². The van der Waals surface area contributed by atoms with Crippen molar-refractivity contribution in [2.45, 2.75) is 18.1 Å². The molecule has 0 saturated heterocycles. The number of amides is 1. The van der Waals surface area contributed by atoms with E-state index >= 15 is 0 Å². The maximum atomic E-state index is 12.0. The van der Waals surface area contributed by atoms with E-state index in [1.165, 1.54) is 11.8 Å². The highest BCUT2D eigenvalue weighted by Gasteiger charge is 2.11.